The second kappa shape index (κ2) is 8.42. The molecule has 8 nitrogen and oxygen atoms in total. The van der Waals surface area contributed by atoms with Gasteiger partial charge in [0.1, 0.15) is 11.2 Å². The van der Waals surface area contributed by atoms with Crippen LogP contribution in [0.2, 0.25) is 0 Å². The first-order valence-corrected chi connectivity index (χ1v) is 11.4. The third-order valence-corrected chi connectivity index (χ3v) is 7.06. The van der Waals surface area contributed by atoms with Gasteiger partial charge in [-0.3, -0.25) is 14.4 Å². The Hall–Kier alpha value is -3.55. The molecule has 2 fully saturated rings. The second-order valence-electron chi connectivity index (χ2n) is 8.99. The summed E-state index contributed by atoms with van der Waals surface area (Å²) in [7, 11) is 0. The Bertz CT molecular complexity index is 1190. The highest BCUT2D eigenvalue weighted by Gasteiger charge is 2.26. The number of hydrogen-bond donors (Lipinski definition) is 2. The summed E-state index contributed by atoms with van der Waals surface area (Å²) in [5.74, 6) is -2.09. The number of piperidine rings is 2. The van der Waals surface area contributed by atoms with E-state index in [-0.39, 0.29) is 17.3 Å². The van der Waals surface area contributed by atoms with Crippen molar-refractivity contribution < 1.29 is 24.2 Å². The number of aliphatic carboxylic acids is 2. The van der Waals surface area contributed by atoms with Crippen LogP contribution in [0, 0.1) is 11.8 Å². The SMILES string of the molecule is O=C(O)C1CCN(c2ccc3c(=O)c4ccc(N5CCC(C(=O)O)CC5)cc4oc3c2)CC1. The first-order valence-electron chi connectivity index (χ1n) is 11.4. The molecule has 0 aliphatic carbocycles. The van der Waals surface area contributed by atoms with Gasteiger partial charge in [0.25, 0.3) is 0 Å². The van der Waals surface area contributed by atoms with Crippen molar-refractivity contribution in [1.82, 2.24) is 0 Å². The summed E-state index contributed by atoms with van der Waals surface area (Å²) in [6.07, 6.45) is 2.38. The van der Waals surface area contributed by atoms with Crippen LogP contribution in [0.3, 0.4) is 0 Å². The van der Waals surface area contributed by atoms with E-state index in [1.165, 1.54) is 0 Å². The van der Waals surface area contributed by atoms with Crippen LogP contribution in [0.25, 0.3) is 21.9 Å². The van der Waals surface area contributed by atoms with Gasteiger partial charge in [-0.1, -0.05) is 0 Å². The zero-order valence-corrected chi connectivity index (χ0v) is 18.2. The first-order chi connectivity index (χ1) is 15.9. The highest BCUT2D eigenvalue weighted by Crippen LogP contribution is 2.30. The smallest absolute Gasteiger partial charge is 0.306 e. The Kier molecular flexibility index (Phi) is 5.44. The molecule has 2 aliphatic heterocycles. The molecule has 0 radical (unpaired) electrons. The Morgan fingerprint density at radius 2 is 1.12 bits per heavy atom. The van der Waals surface area contributed by atoms with Crippen LogP contribution in [0.15, 0.2) is 45.6 Å². The van der Waals surface area contributed by atoms with Gasteiger partial charge in [-0.2, -0.15) is 0 Å². The third-order valence-electron chi connectivity index (χ3n) is 7.06. The summed E-state index contributed by atoms with van der Waals surface area (Å²) in [4.78, 5) is 39.8. The Morgan fingerprint density at radius 1 is 0.727 bits per heavy atom. The molecule has 0 saturated carbocycles. The van der Waals surface area contributed by atoms with Gasteiger partial charge in [0, 0.05) is 49.7 Å². The van der Waals surface area contributed by atoms with Crippen molar-refractivity contribution in [2.24, 2.45) is 11.8 Å². The summed E-state index contributed by atoms with van der Waals surface area (Å²) >= 11 is 0. The number of hydrogen-bond acceptors (Lipinski definition) is 6. The number of carboxylic acids is 2. The topological polar surface area (TPSA) is 111 Å². The maximum atomic E-state index is 13.1. The van der Waals surface area contributed by atoms with Gasteiger partial charge < -0.3 is 24.4 Å². The second-order valence-corrected chi connectivity index (χ2v) is 8.99. The van der Waals surface area contributed by atoms with Gasteiger partial charge in [0.2, 0.25) is 5.43 Å². The van der Waals surface area contributed by atoms with Crippen LogP contribution in [-0.2, 0) is 9.59 Å². The van der Waals surface area contributed by atoms with Crippen LogP contribution >= 0.6 is 0 Å². The van der Waals surface area contributed by atoms with E-state index in [1.807, 2.05) is 24.3 Å². The minimum Gasteiger partial charge on any atom is -0.481 e. The molecular formula is C25H26N2O6. The van der Waals surface area contributed by atoms with E-state index >= 15 is 0 Å². The average molecular weight is 450 g/mol. The normalized spacial score (nSPS) is 18.2. The van der Waals surface area contributed by atoms with E-state index in [2.05, 4.69) is 9.80 Å². The molecule has 0 spiro atoms. The highest BCUT2D eigenvalue weighted by molar-refractivity contribution is 5.92. The largest absolute Gasteiger partial charge is 0.481 e. The van der Waals surface area contributed by atoms with Gasteiger partial charge in [0.15, 0.2) is 0 Å². The zero-order chi connectivity index (χ0) is 23.1. The van der Waals surface area contributed by atoms with E-state index in [4.69, 9.17) is 4.42 Å². The molecule has 172 valence electrons. The van der Waals surface area contributed by atoms with Crippen molar-refractivity contribution in [3.8, 4) is 0 Å². The number of nitrogens with zero attached hydrogens (tertiary/aromatic N) is 2. The van der Waals surface area contributed by atoms with Crippen molar-refractivity contribution in [3.63, 3.8) is 0 Å². The molecule has 0 atom stereocenters. The lowest BCUT2D eigenvalue weighted by Gasteiger charge is -2.32. The van der Waals surface area contributed by atoms with E-state index in [0.717, 1.165) is 11.4 Å². The molecule has 0 amide bonds. The average Bonchev–Trinajstić information content (AvgIpc) is 2.83. The molecular weight excluding hydrogens is 424 g/mol. The van der Waals surface area contributed by atoms with Crippen LogP contribution in [0.1, 0.15) is 25.7 Å². The van der Waals surface area contributed by atoms with Crippen molar-refractivity contribution in [2.75, 3.05) is 36.0 Å². The quantitative estimate of drug-likeness (QED) is 0.581. The third kappa shape index (κ3) is 4.01. The molecule has 2 aromatic carbocycles. The van der Waals surface area contributed by atoms with E-state index < -0.39 is 11.9 Å². The molecule has 3 heterocycles. The van der Waals surface area contributed by atoms with E-state index in [1.54, 1.807) is 12.1 Å². The molecule has 0 unspecified atom stereocenters. The predicted octanol–water partition coefficient (Wildman–Crippen LogP) is 3.55. The van der Waals surface area contributed by atoms with Gasteiger partial charge in [-0.15, -0.1) is 0 Å². The molecule has 0 bridgehead atoms. The fraction of sp³-hybridized carbons (Fsp3) is 0.400. The van der Waals surface area contributed by atoms with Crippen molar-refractivity contribution in [1.29, 1.82) is 0 Å². The van der Waals surface area contributed by atoms with Gasteiger partial charge in [-0.05, 0) is 49.9 Å². The predicted molar refractivity (Wildman–Crippen MR) is 125 cm³/mol. The lowest BCUT2D eigenvalue weighted by Crippen LogP contribution is -2.36. The summed E-state index contributed by atoms with van der Waals surface area (Å²) in [6, 6.07) is 11.1. The van der Waals surface area contributed by atoms with Gasteiger partial charge >= 0.3 is 11.9 Å². The molecule has 2 aliphatic rings. The van der Waals surface area contributed by atoms with E-state index in [0.29, 0.717) is 73.8 Å². The maximum absolute atomic E-state index is 13.1. The fourth-order valence-corrected chi connectivity index (χ4v) is 4.99. The van der Waals surface area contributed by atoms with Crippen LogP contribution in [-0.4, -0.2) is 48.3 Å². The van der Waals surface area contributed by atoms with Crippen molar-refractivity contribution >= 4 is 45.3 Å². The molecule has 2 saturated heterocycles. The maximum Gasteiger partial charge on any atom is 0.306 e. The summed E-state index contributed by atoms with van der Waals surface area (Å²) < 4.78 is 6.17. The summed E-state index contributed by atoms with van der Waals surface area (Å²) in [5, 5.41) is 19.5. The molecule has 8 heteroatoms. The van der Waals surface area contributed by atoms with Crippen molar-refractivity contribution in [2.45, 2.75) is 25.7 Å². The standard InChI is InChI=1S/C25H26N2O6/c28-23-19-3-1-17(26-9-5-15(6-10-26)24(29)30)13-21(19)33-22-14-18(2-4-20(22)23)27-11-7-16(8-12-27)25(31)32/h1-4,13-16H,5-12H2,(H,29,30)(H,31,32). The lowest BCUT2D eigenvalue weighted by atomic mass is 9.96. The molecule has 5 rings (SSSR count). The molecule has 33 heavy (non-hydrogen) atoms. The number of carbonyl (C=O) groups is 2. The minimum atomic E-state index is -0.742. The van der Waals surface area contributed by atoms with E-state index in [9.17, 15) is 24.6 Å². The highest BCUT2D eigenvalue weighted by atomic mass is 16.4. The van der Waals surface area contributed by atoms with Crippen LogP contribution < -0.4 is 15.2 Å². The van der Waals surface area contributed by atoms with Gasteiger partial charge in [-0.25, -0.2) is 0 Å². The Labute approximate surface area is 190 Å². The minimum absolute atomic E-state index is 0.0847. The zero-order valence-electron chi connectivity index (χ0n) is 18.2. The number of fused-ring (bicyclic) bond motifs is 2. The number of anilines is 2. The fourth-order valence-electron chi connectivity index (χ4n) is 4.99. The van der Waals surface area contributed by atoms with Crippen molar-refractivity contribution in [3.05, 3.63) is 46.6 Å². The molecule has 3 aromatic rings. The Morgan fingerprint density at radius 3 is 1.48 bits per heavy atom. The van der Waals surface area contributed by atoms with Crippen LogP contribution in [0.4, 0.5) is 11.4 Å². The Balaban J connectivity index is 1.44. The van der Waals surface area contributed by atoms with Gasteiger partial charge in [0.05, 0.1) is 22.6 Å². The molecule has 2 N–H and O–H groups in total. The molecule has 1 aromatic heterocycles. The lowest BCUT2D eigenvalue weighted by molar-refractivity contribution is -0.143. The first kappa shape index (κ1) is 21.3. The monoisotopic (exact) mass is 450 g/mol. The number of carboxylic acid groups (broad SMARTS) is 2. The van der Waals surface area contributed by atoms with Crippen LogP contribution in [0.5, 0.6) is 0 Å². The summed E-state index contributed by atoms with van der Waals surface area (Å²) in [5.41, 5.74) is 2.76. The number of rotatable bonds is 4. The number of benzene rings is 2. The summed E-state index contributed by atoms with van der Waals surface area (Å²) in [6.45, 7) is 2.60.